The summed E-state index contributed by atoms with van der Waals surface area (Å²) in [6.45, 7) is 1.97. The van der Waals surface area contributed by atoms with Gasteiger partial charge in [0, 0.05) is 0 Å². The van der Waals surface area contributed by atoms with Crippen LogP contribution in [0.5, 0.6) is 0 Å². The van der Waals surface area contributed by atoms with Gasteiger partial charge in [-0.15, -0.1) is 0 Å². The fourth-order valence-electron chi connectivity index (χ4n) is 1.84. The van der Waals surface area contributed by atoms with Gasteiger partial charge in [0.1, 0.15) is 0 Å². The van der Waals surface area contributed by atoms with E-state index >= 15 is 0 Å². The van der Waals surface area contributed by atoms with E-state index in [0.717, 1.165) is 5.44 Å². The minimum atomic E-state index is 0.00940. The predicted octanol–water partition coefficient (Wildman–Crippen LogP) is -0.585. The molecular formula is C8H15N3OSe. The van der Waals surface area contributed by atoms with Gasteiger partial charge < -0.3 is 0 Å². The van der Waals surface area contributed by atoms with E-state index in [1.165, 1.54) is 5.32 Å². The van der Waals surface area contributed by atoms with Crippen LogP contribution in [-0.2, 0) is 4.79 Å². The van der Waals surface area contributed by atoms with Crippen LogP contribution < -0.4 is 0 Å². The van der Waals surface area contributed by atoms with Gasteiger partial charge in [0.25, 0.3) is 0 Å². The van der Waals surface area contributed by atoms with E-state index in [0.29, 0.717) is 27.0 Å². The fraction of sp³-hybridized carbons (Fsp3) is 0.875. The first-order valence-corrected chi connectivity index (χ1v) is 6.89. The number of carbonyl (C=O) groups is 1. The summed E-state index contributed by atoms with van der Waals surface area (Å²) in [5, 5.41) is 5.41. The molecule has 5 heteroatoms. The van der Waals surface area contributed by atoms with Crippen LogP contribution in [0.2, 0.25) is 5.32 Å². The number of hydrazine groups is 1. The Balaban J connectivity index is 2.24. The molecule has 74 valence electrons. The van der Waals surface area contributed by atoms with Crippen LogP contribution in [0.15, 0.2) is 0 Å². The monoisotopic (exact) mass is 249 g/mol. The van der Waals surface area contributed by atoms with E-state index in [-0.39, 0.29) is 6.04 Å². The number of rotatable bonds is 0. The van der Waals surface area contributed by atoms with Gasteiger partial charge in [0.2, 0.25) is 0 Å². The van der Waals surface area contributed by atoms with Crippen molar-refractivity contribution >= 4 is 20.9 Å². The predicted molar refractivity (Wildman–Crippen MR) is 51.1 cm³/mol. The van der Waals surface area contributed by atoms with E-state index in [4.69, 9.17) is 0 Å². The Morgan fingerprint density at radius 2 is 2.08 bits per heavy atom. The molecule has 2 atom stereocenters. The first kappa shape index (κ1) is 9.46. The van der Waals surface area contributed by atoms with E-state index < -0.39 is 0 Å². The average molecular weight is 248 g/mol. The standard InChI is InChI=1S/C8H15N3OSe/c1-6-8(12)11-5-13-4-7(11)10(3)9(6)2/h6-7H,4-5H2,1-3H3/t6-,7+/m1/s1. The molecule has 0 aromatic rings. The maximum absolute atomic E-state index is 11.8. The van der Waals surface area contributed by atoms with Gasteiger partial charge in [0.15, 0.2) is 0 Å². The molecule has 2 rings (SSSR count). The maximum atomic E-state index is 11.8. The third-order valence-electron chi connectivity index (χ3n) is 2.99. The summed E-state index contributed by atoms with van der Waals surface area (Å²) in [5.74, 6) is 0.296. The molecule has 2 fully saturated rings. The average Bonchev–Trinajstić information content (AvgIpc) is 2.59. The van der Waals surface area contributed by atoms with Crippen molar-refractivity contribution in [2.45, 2.75) is 24.5 Å². The van der Waals surface area contributed by atoms with E-state index in [1.54, 1.807) is 0 Å². The van der Waals surface area contributed by atoms with Gasteiger partial charge in [-0.1, -0.05) is 0 Å². The van der Waals surface area contributed by atoms with Crippen LogP contribution in [0, 0.1) is 0 Å². The van der Waals surface area contributed by atoms with Gasteiger partial charge in [0.05, 0.1) is 0 Å². The molecular weight excluding hydrogens is 233 g/mol. The minimum absolute atomic E-state index is 0.00940. The van der Waals surface area contributed by atoms with Gasteiger partial charge in [-0.25, -0.2) is 0 Å². The topological polar surface area (TPSA) is 26.8 Å². The van der Waals surface area contributed by atoms with Gasteiger partial charge in [-0.05, 0) is 0 Å². The van der Waals surface area contributed by atoms with Crippen molar-refractivity contribution in [3.05, 3.63) is 0 Å². The quantitative estimate of drug-likeness (QED) is 0.536. The van der Waals surface area contributed by atoms with Crippen LogP contribution >= 0.6 is 0 Å². The number of fused-ring (bicyclic) bond motifs is 1. The first-order chi connectivity index (χ1) is 6.13. The summed E-state index contributed by atoms with van der Waals surface area (Å²) in [7, 11) is 4.06. The molecule has 0 aliphatic carbocycles. The molecule has 4 nitrogen and oxygen atoms in total. The number of carbonyl (C=O) groups excluding carboxylic acids is 1. The van der Waals surface area contributed by atoms with Crippen molar-refractivity contribution < 1.29 is 4.79 Å². The van der Waals surface area contributed by atoms with Crippen molar-refractivity contribution in [3.8, 4) is 0 Å². The zero-order valence-electron chi connectivity index (χ0n) is 8.23. The Morgan fingerprint density at radius 1 is 1.38 bits per heavy atom. The SMILES string of the molecule is C[C@@H]1C(=O)N2C[Se]C[C@H]2N(C)N1C. The number of hydrogen-bond acceptors (Lipinski definition) is 3. The fourth-order valence-corrected chi connectivity index (χ4v) is 4.37. The Hall–Kier alpha value is -0.0905. The zero-order valence-corrected chi connectivity index (χ0v) is 9.94. The molecule has 2 heterocycles. The third-order valence-corrected chi connectivity index (χ3v) is 5.07. The molecule has 0 aromatic heterocycles. The van der Waals surface area contributed by atoms with Crippen LogP contribution in [0.1, 0.15) is 6.92 Å². The van der Waals surface area contributed by atoms with Crippen molar-refractivity contribution in [3.63, 3.8) is 0 Å². The molecule has 0 radical (unpaired) electrons. The van der Waals surface area contributed by atoms with Crippen LogP contribution in [0.25, 0.3) is 0 Å². The zero-order chi connectivity index (χ0) is 9.59. The molecule has 1 amide bonds. The molecule has 0 bridgehead atoms. The van der Waals surface area contributed by atoms with E-state index in [9.17, 15) is 4.79 Å². The van der Waals surface area contributed by atoms with Crippen LogP contribution in [0.4, 0.5) is 0 Å². The molecule has 13 heavy (non-hydrogen) atoms. The van der Waals surface area contributed by atoms with Crippen molar-refractivity contribution in [2.24, 2.45) is 0 Å². The molecule has 0 saturated carbocycles. The summed E-state index contributed by atoms with van der Waals surface area (Å²) in [4.78, 5) is 13.9. The number of nitrogens with zero attached hydrogens (tertiary/aromatic N) is 3. The Bertz CT molecular complexity index is 235. The third kappa shape index (κ3) is 1.31. The second-order valence-corrected chi connectivity index (χ2v) is 5.71. The molecule has 0 spiro atoms. The number of hydrogen-bond donors (Lipinski definition) is 0. The molecule has 0 unspecified atom stereocenters. The van der Waals surface area contributed by atoms with Gasteiger partial charge in [-0.3, -0.25) is 0 Å². The molecule has 2 aliphatic rings. The van der Waals surface area contributed by atoms with E-state index in [1.807, 2.05) is 23.9 Å². The summed E-state index contributed by atoms with van der Waals surface area (Å²) in [6, 6.07) is 0.00940. The van der Waals surface area contributed by atoms with Crippen molar-refractivity contribution in [1.29, 1.82) is 0 Å². The summed E-state index contributed by atoms with van der Waals surface area (Å²) in [6.07, 6.45) is 0.341. The summed E-state index contributed by atoms with van der Waals surface area (Å²) >= 11 is 0.624. The van der Waals surface area contributed by atoms with Crippen molar-refractivity contribution in [2.75, 3.05) is 19.5 Å². The summed E-state index contributed by atoms with van der Waals surface area (Å²) < 4.78 is 0. The van der Waals surface area contributed by atoms with E-state index in [2.05, 4.69) is 12.1 Å². The molecule has 0 aromatic carbocycles. The Kier molecular flexibility index (Phi) is 2.36. The molecule has 2 saturated heterocycles. The van der Waals surface area contributed by atoms with Crippen LogP contribution in [0.3, 0.4) is 0 Å². The normalized spacial score (nSPS) is 36.8. The van der Waals surface area contributed by atoms with Gasteiger partial charge in [-0.2, -0.15) is 0 Å². The van der Waals surface area contributed by atoms with Crippen LogP contribution in [-0.4, -0.2) is 67.5 Å². The second kappa shape index (κ2) is 3.24. The Labute approximate surface area is 85.0 Å². The molecule has 0 N–H and O–H groups in total. The number of amides is 1. The molecule has 2 aliphatic heterocycles. The van der Waals surface area contributed by atoms with Crippen molar-refractivity contribution in [1.82, 2.24) is 14.9 Å². The second-order valence-electron chi connectivity index (χ2n) is 3.61. The summed E-state index contributed by atoms with van der Waals surface area (Å²) in [5.41, 5.74) is 0.999. The van der Waals surface area contributed by atoms with Gasteiger partial charge >= 0.3 is 84.6 Å². The number of likely N-dealkylation sites (N-methyl/N-ethyl adjacent to an activating group) is 1. The first-order valence-electron chi connectivity index (χ1n) is 4.46. The Morgan fingerprint density at radius 3 is 2.77 bits per heavy atom.